The van der Waals surface area contributed by atoms with Gasteiger partial charge in [-0.05, 0) is 36.8 Å². The molecule has 0 saturated heterocycles. The number of nitrogens with one attached hydrogen (secondary N) is 1. The van der Waals surface area contributed by atoms with E-state index in [0.29, 0.717) is 5.69 Å². The Labute approximate surface area is 139 Å². The number of hydrogen-bond donors (Lipinski definition) is 2. The molecule has 0 fully saturated rings. The van der Waals surface area contributed by atoms with Crippen molar-refractivity contribution in [2.75, 3.05) is 5.32 Å². The molecule has 1 aromatic heterocycles. The molecule has 0 bridgehead atoms. The average Bonchev–Trinajstić information content (AvgIpc) is 2.81. The first-order valence-corrected chi connectivity index (χ1v) is 7.56. The lowest BCUT2D eigenvalue weighted by atomic mass is 10.2. The van der Waals surface area contributed by atoms with Crippen LogP contribution in [-0.2, 0) is 7.05 Å². The molecule has 0 unspecified atom stereocenters. The first-order chi connectivity index (χ1) is 11.6. The number of para-hydroxylation sites is 1. The lowest BCUT2D eigenvalue weighted by Gasteiger charge is -2.07. The summed E-state index contributed by atoms with van der Waals surface area (Å²) in [6.45, 7) is 1.92. The van der Waals surface area contributed by atoms with Crippen molar-refractivity contribution in [2.45, 2.75) is 6.92 Å². The Morgan fingerprint density at radius 1 is 1.08 bits per heavy atom. The Hall–Kier alpha value is -3.28. The Morgan fingerprint density at radius 3 is 2.38 bits per heavy atom. The van der Waals surface area contributed by atoms with E-state index >= 15 is 0 Å². The van der Waals surface area contributed by atoms with Crippen molar-refractivity contribution in [3.8, 4) is 5.69 Å². The van der Waals surface area contributed by atoms with Gasteiger partial charge in [0, 0.05) is 12.7 Å². The molecule has 122 valence electrons. The standard InChI is InChI=1S/C18H19N5O/c1-13-17(21-15-10-8-14(9-11-15)12-20-19)18(24)23(22(13)2)16-6-4-3-5-7-16/h3-12,21H,19H2,1-2H3/b20-12-. The molecule has 3 aromatic rings. The van der Waals surface area contributed by atoms with Gasteiger partial charge in [0.25, 0.3) is 5.56 Å². The molecule has 24 heavy (non-hydrogen) atoms. The van der Waals surface area contributed by atoms with Crippen molar-refractivity contribution < 1.29 is 0 Å². The van der Waals surface area contributed by atoms with Crippen LogP contribution in [-0.4, -0.2) is 15.6 Å². The summed E-state index contributed by atoms with van der Waals surface area (Å²) in [6.07, 6.45) is 1.57. The molecular formula is C18H19N5O. The Morgan fingerprint density at radius 2 is 1.75 bits per heavy atom. The zero-order valence-electron chi connectivity index (χ0n) is 13.6. The average molecular weight is 321 g/mol. The largest absolute Gasteiger partial charge is 0.349 e. The van der Waals surface area contributed by atoms with Gasteiger partial charge in [0.05, 0.1) is 17.6 Å². The molecule has 0 radical (unpaired) electrons. The molecule has 0 amide bonds. The molecule has 1 heterocycles. The van der Waals surface area contributed by atoms with Gasteiger partial charge in [0.15, 0.2) is 0 Å². The molecule has 0 aliphatic rings. The first-order valence-electron chi connectivity index (χ1n) is 7.56. The molecule has 6 heteroatoms. The zero-order valence-corrected chi connectivity index (χ0v) is 13.6. The van der Waals surface area contributed by atoms with Crippen LogP contribution in [0, 0.1) is 6.92 Å². The van der Waals surface area contributed by atoms with E-state index in [-0.39, 0.29) is 5.56 Å². The van der Waals surface area contributed by atoms with Gasteiger partial charge in [-0.2, -0.15) is 5.10 Å². The quantitative estimate of drug-likeness (QED) is 0.440. The minimum absolute atomic E-state index is 0.0891. The van der Waals surface area contributed by atoms with Crippen LogP contribution in [0.2, 0.25) is 0 Å². The highest BCUT2D eigenvalue weighted by molar-refractivity contribution is 5.80. The van der Waals surface area contributed by atoms with Crippen LogP contribution in [0.3, 0.4) is 0 Å². The monoisotopic (exact) mass is 321 g/mol. The molecule has 0 saturated carbocycles. The lowest BCUT2D eigenvalue weighted by Crippen LogP contribution is -2.20. The molecule has 0 aliphatic carbocycles. The second-order valence-corrected chi connectivity index (χ2v) is 5.46. The number of hydrogen-bond acceptors (Lipinski definition) is 4. The van der Waals surface area contributed by atoms with E-state index in [1.54, 1.807) is 10.9 Å². The lowest BCUT2D eigenvalue weighted by molar-refractivity contribution is 0.630. The zero-order chi connectivity index (χ0) is 17.1. The summed E-state index contributed by atoms with van der Waals surface area (Å²) >= 11 is 0. The summed E-state index contributed by atoms with van der Waals surface area (Å²) in [6, 6.07) is 17.1. The van der Waals surface area contributed by atoms with Gasteiger partial charge in [-0.15, -0.1) is 0 Å². The van der Waals surface area contributed by atoms with Crippen molar-refractivity contribution >= 4 is 17.6 Å². The predicted octanol–water partition coefficient (Wildman–Crippen LogP) is 2.52. The van der Waals surface area contributed by atoms with E-state index in [9.17, 15) is 4.79 Å². The molecule has 0 atom stereocenters. The van der Waals surface area contributed by atoms with Gasteiger partial charge in [-0.3, -0.25) is 9.48 Å². The van der Waals surface area contributed by atoms with Gasteiger partial charge < -0.3 is 11.2 Å². The molecule has 0 aliphatic heterocycles. The second kappa shape index (κ2) is 6.45. The number of rotatable bonds is 4. The summed E-state index contributed by atoms with van der Waals surface area (Å²) in [5.41, 5.74) is 3.88. The number of aromatic nitrogens is 2. The summed E-state index contributed by atoms with van der Waals surface area (Å²) < 4.78 is 3.49. The molecule has 3 rings (SSSR count). The minimum atomic E-state index is -0.0891. The third kappa shape index (κ3) is 2.81. The maximum Gasteiger partial charge on any atom is 0.295 e. The summed E-state index contributed by atoms with van der Waals surface area (Å²) in [5.74, 6) is 5.14. The van der Waals surface area contributed by atoms with Crippen molar-refractivity contribution in [3.63, 3.8) is 0 Å². The number of nitrogens with zero attached hydrogens (tertiary/aromatic N) is 3. The molecule has 2 aromatic carbocycles. The molecular weight excluding hydrogens is 302 g/mol. The summed E-state index contributed by atoms with van der Waals surface area (Å²) in [4.78, 5) is 12.8. The van der Waals surface area contributed by atoms with Gasteiger partial charge in [0.1, 0.15) is 5.69 Å². The van der Waals surface area contributed by atoms with E-state index < -0.39 is 0 Å². The van der Waals surface area contributed by atoms with Gasteiger partial charge >= 0.3 is 0 Å². The fourth-order valence-corrected chi connectivity index (χ4v) is 2.60. The Bertz CT molecular complexity index is 921. The van der Waals surface area contributed by atoms with Crippen LogP contribution in [0.15, 0.2) is 64.5 Å². The first kappa shape index (κ1) is 15.6. The van der Waals surface area contributed by atoms with Crippen molar-refractivity contribution in [3.05, 3.63) is 76.2 Å². The SMILES string of the molecule is Cc1c(Nc2ccc(/C=N\N)cc2)c(=O)n(-c2ccccc2)n1C. The van der Waals surface area contributed by atoms with E-state index in [2.05, 4.69) is 10.4 Å². The van der Waals surface area contributed by atoms with Gasteiger partial charge in [-0.1, -0.05) is 30.3 Å². The van der Waals surface area contributed by atoms with Gasteiger partial charge in [-0.25, -0.2) is 4.68 Å². The van der Waals surface area contributed by atoms with Crippen molar-refractivity contribution in [2.24, 2.45) is 18.0 Å². The summed E-state index contributed by atoms with van der Waals surface area (Å²) in [7, 11) is 1.87. The van der Waals surface area contributed by atoms with Crippen LogP contribution < -0.4 is 16.7 Å². The maximum atomic E-state index is 12.8. The second-order valence-electron chi connectivity index (χ2n) is 5.46. The van der Waals surface area contributed by atoms with Crippen molar-refractivity contribution in [1.29, 1.82) is 0 Å². The van der Waals surface area contributed by atoms with Gasteiger partial charge in [0.2, 0.25) is 0 Å². The maximum absolute atomic E-state index is 12.8. The van der Waals surface area contributed by atoms with E-state index in [4.69, 9.17) is 5.84 Å². The highest BCUT2D eigenvalue weighted by Crippen LogP contribution is 2.19. The fraction of sp³-hybridized carbons (Fsp3) is 0.111. The third-order valence-corrected chi connectivity index (χ3v) is 3.96. The molecule has 3 N–H and O–H groups in total. The Kier molecular flexibility index (Phi) is 4.20. The van der Waals surface area contributed by atoms with Crippen LogP contribution in [0.4, 0.5) is 11.4 Å². The highest BCUT2D eigenvalue weighted by Gasteiger charge is 2.15. The van der Waals surface area contributed by atoms with Crippen LogP contribution in [0.5, 0.6) is 0 Å². The van der Waals surface area contributed by atoms with Crippen LogP contribution >= 0.6 is 0 Å². The predicted molar refractivity (Wildman–Crippen MR) is 97.3 cm³/mol. The number of anilines is 2. The normalized spacial score (nSPS) is 11.1. The minimum Gasteiger partial charge on any atom is -0.349 e. The fourth-order valence-electron chi connectivity index (χ4n) is 2.60. The van der Waals surface area contributed by atoms with Crippen LogP contribution in [0.1, 0.15) is 11.3 Å². The number of nitrogens with two attached hydrogens (primary N) is 1. The highest BCUT2D eigenvalue weighted by atomic mass is 16.1. The number of hydrazone groups is 1. The van der Waals surface area contributed by atoms with E-state index in [1.807, 2.05) is 73.3 Å². The molecule has 6 nitrogen and oxygen atoms in total. The van der Waals surface area contributed by atoms with Crippen molar-refractivity contribution in [1.82, 2.24) is 9.36 Å². The number of benzene rings is 2. The van der Waals surface area contributed by atoms with E-state index in [1.165, 1.54) is 0 Å². The third-order valence-electron chi connectivity index (χ3n) is 3.96. The topological polar surface area (TPSA) is 77.3 Å². The Balaban J connectivity index is 1.99. The van der Waals surface area contributed by atoms with E-state index in [0.717, 1.165) is 22.6 Å². The van der Waals surface area contributed by atoms with Crippen LogP contribution in [0.25, 0.3) is 5.69 Å². The summed E-state index contributed by atoms with van der Waals surface area (Å²) in [5, 5.41) is 6.71. The smallest absolute Gasteiger partial charge is 0.295 e. The molecule has 0 spiro atoms.